The van der Waals surface area contributed by atoms with Crippen LogP contribution in [0.3, 0.4) is 0 Å². The number of rotatable bonds is 8. The first-order chi connectivity index (χ1) is 14.6. The Balaban J connectivity index is 1.72. The van der Waals surface area contributed by atoms with Crippen molar-refractivity contribution in [2.45, 2.75) is 25.8 Å². The lowest BCUT2D eigenvalue weighted by Crippen LogP contribution is -2.15. The minimum absolute atomic E-state index is 0.0655. The van der Waals surface area contributed by atoms with Crippen LogP contribution in [0.25, 0.3) is 11.4 Å². The van der Waals surface area contributed by atoms with Crippen molar-refractivity contribution in [2.75, 3.05) is 6.61 Å². The largest absolute Gasteiger partial charge is 0.471 e. The van der Waals surface area contributed by atoms with Gasteiger partial charge >= 0.3 is 12.1 Å². The SMILES string of the molecule is CCOP(=O)(Cc1ccc(-c2noc(C(F)(F)F)n2)cc1)NCc1ccc(F)cc1F. The number of alkyl halides is 3. The van der Waals surface area contributed by atoms with Crippen molar-refractivity contribution < 1.29 is 35.6 Å². The fourth-order valence-electron chi connectivity index (χ4n) is 2.68. The molecule has 1 aromatic heterocycles. The molecular weight excluding hydrogens is 444 g/mol. The smallest absolute Gasteiger partial charge is 0.329 e. The minimum atomic E-state index is -4.75. The summed E-state index contributed by atoms with van der Waals surface area (Å²) in [7, 11) is -3.45. The third-order valence-electron chi connectivity index (χ3n) is 4.13. The molecule has 0 saturated carbocycles. The fraction of sp³-hybridized carbons (Fsp3) is 0.263. The Morgan fingerprint density at radius 1 is 1.13 bits per heavy atom. The van der Waals surface area contributed by atoms with Gasteiger partial charge in [-0.05, 0) is 18.6 Å². The number of nitrogens with one attached hydrogen (secondary N) is 1. The summed E-state index contributed by atoms with van der Waals surface area (Å²) in [6.07, 6.45) is -4.81. The number of hydrogen-bond donors (Lipinski definition) is 1. The average molecular weight is 461 g/mol. The van der Waals surface area contributed by atoms with Crippen molar-refractivity contribution in [3.63, 3.8) is 0 Å². The summed E-state index contributed by atoms with van der Waals surface area (Å²) in [5.41, 5.74) is 0.942. The van der Waals surface area contributed by atoms with E-state index in [1.807, 2.05) is 0 Å². The second-order valence-corrected chi connectivity index (χ2v) is 8.68. The summed E-state index contributed by atoms with van der Waals surface area (Å²) in [6.45, 7) is 1.62. The van der Waals surface area contributed by atoms with Gasteiger partial charge in [-0.25, -0.2) is 13.9 Å². The van der Waals surface area contributed by atoms with Crippen LogP contribution >= 0.6 is 7.52 Å². The monoisotopic (exact) mass is 461 g/mol. The summed E-state index contributed by atoms with van der Waals surface area (Å²) < 4.78 is 87.3. The zero-order valence-electron chi connectivity index (χ0n) is 16.1. The standard InChI is InChI=1S/C19H17F5N3O3P/c1-2-29-31(28,25-10-14-7-8-15(20)9-16(14)21)11-12-3-5-13(6-4-12)17-26-18(30-27-17)19(22,23)24/h3-9H,2,10-11H2,1H3,(H,25,28). The Bertz CT molecular complexity index is 1090. The van der Waals surface area contributed by atoms with Crippen LogP contribution in [0.4, 0.5) is 22.0 Å². The van der Waals surface area contributed by atoms with Gasteiger partial charge < -0.3 is 9.05 Å². The summed E-state index contributed by atoms with van der Waals surface area (Å²) in [6, 6.07) is 9.03. The molecule has 2 aromatic carbocycles. The lowest BCUT2D eigenvalue weighted by Gasteiger charge is -2.19. The molecule has 0 aliphatic heterocycles. The van der Waals surface area contributed by atoms with E-state index in [1.54, 1.807) is 6.92 Å². The number of aromatic nitrogens is 2. The van der Waals surface area contributed by atoms with E-state index in [9.17, 15) is 26.5 Å². The van der Waals surface area contributed by atoms with Crippen molar-refractivity contribution in [3.8, 4) is 11.4 Å². The first-order valence-electron chi connectivity index (χ1n) is 9.02. The predicted molar refractivity (Wildman–Crippen MR) is 101 cm³/mol. The van der Waals surface area contributed by atoms with Crippen LogP contribution in [-0.2, 0) is 28.0 Å². The molecular formula is C19H17F5N3O3P. The molecule has 1 unspecified atom stereocenters. The van der Waals surface area contributed by atoms with Crippen LogP contribution in [-0.4, -0.2) is 16.7 Å². The lowest BCUT2D eigenvalue weighted by molar-refractivity contribution is -0.159. The van der Waals surface area contributed by atoms with E-state index in [2.05, 4.69) is 19.8 Å². The van der Waals surface area contributed by atoms with Gasteiger partial charge in [0.25, 0.3) is 7.52 Å². The topological polar surface area (TPSA) is 77.2 Å². The molecule has 12 heteroatoms. The van der Waals surface area contributed by atoms with E-state index in [1.165, 1.54) is 30.3 Å². The third-order valence-corrected chi connectivity index (χ3v) is 6.23. The zero-order chi connectivity index (χ0) is 22.6. The normalized spacial score (nSPS) is 13.9. The van der Waals surface area contributed by atoms with Gasteiger partial charge in [-0.3, -0.25) is 4.57 Å². The van der Waals surface area contributed by atoms with E-state index < -0.39 is 31.2 Å². The van der Waals surface area contributed by atoms with Crippen molar-refractivity contribution in [1.82, 2.24) is 15.2 Å². The molecule has 3 aromatic rings. The molecule has 1 N–H and O–H groups in total. The molecule has 6 nitrogen and oxygen atoms in total. The minimum Gasteiger partial charge on any atom is -0.329 e. The Morgan fingerprint density at radius 3 is 2.42 bits per heavy atom. The summed E-state index contributed by atoms with van der Waals surface area (Å²) >= 11 is 0. The maximum atomic E-state index is 13.8. The maximum absolute atomic E-state index is 13.8. The zero-order valence-corrected chi connectivity index (χ0v) is 17.0. The van der Waals surface area contributed by atoms with E-state index >= 15 is 0 Å². The van der Waals surface area contributed by atoms with Crippen LogP contribution in [0.2, 0.25) is 0 Å². The Labute approximate surface area is 173 Å². The van der Waals surface area contributed by atoms with Crippen molar-refractivity contribution >= 4 is 7.52 Å². The average Bonchev–Trinajstić information content (AvgIpc) is 3.19. The first-order valence-corrected chi connectivity index (χ1v) is 10.8. The summed E-state index contributed by atoms with van der Waals surface area (Å²) in [5, 5.41) is 6.00. The number of halogens is 5. The highest BCUT2D eigenvalue weighted by molar-refractivity contribution is 7.56. The van der Waals surface area contributed by atoms with E-state index in [-0.39, 0.29) is 36.3 Å². The molecule has 0 aliphatic rings. The molecule has 31 heavy (non-hydrogen) atoms. The van der Waals surface area contributed by atoms with Gasteiger partial charge in [-0.1, -0.05) is 35.5 Å². The molecule has 166 valence electrons. The highest BCUT2D eigenvalue weighted by Crippen LogP contribution is 2.46. The molecule has 0 aliphatic carbocycles. The second-order valence-electron chi connectivity index (χ2n) is 6.44. The number of benzene rings is 2. The first kappa shape index (κ1) is 23.1. The molecule has 0 amide bonds. The van der Waals surface area contributed by atoms with Gasteiger partial charge in [0.1, 0.15) is 11.6 Å². The highest BCUT2D eigenvalue weighted by atomic mass is 31.2. The summed E-state index contributed by atoms with van der Waals surface area (Å²) in [4.78, 5) is 3.31. The van der Waals surface area contributed by atoms with Crippen molar-refractivity contribution in [2.24, 2.45) is 0 Å². The predicted octanol–water partition coefficient (Wildman–Crippen LogP) is 5.55. The van der Waals surface area contributed by atoms with Gasteiger partial charge in [0.15, 0.2) is 0 Å². The van der Waals surface area contributed by atoms with Gasteiger partial charge in [0, 0.05) is 23.7 Å². The van der Waals surface area contributed by atoms with Crippen LogP contribution < -0.4 is 5.09 Å². The third kappa shape index (κ3) is 5.96. The number of hydrogen-bond acceptors (Lipinski definition) is 5. The van der Waals surface area contributed by atoms with Crippen LogP contribution in [0, 0.1) is 11.6 Å². The second kappa shape index (κ2) is 9.25. The maximum Gasteiger partial charge on any atom is 0.471 e. The van der Waals surface area contributed by atoms with Crippen molar-refractivity contribution in [3.05, 3.63) is 71.1 Å². The highest BCUT2D eigenvalue weighted by Gasteiger charge is 2.38. The molecule has 1 heterocycles. The molecule has 3 rings (SSSR count). The quantitative estimate of drug-likeness (QED) is 0.350. The van der Waals surface area contributed by atoms with Crippen LogP contribution in [0.5, 0.6) is 0 Å². The van der Waals surface area contributed by atoms with E-state index in [4.69, 9.17) is 4.52 Å². The number of nitrogens with zero attached hydrogens (tertiary/aromatic N) is 2. The van der Waals surface area contributed by atoms with Crippen molar-refractivity contribution in [1.29, 1.82) is 0 Å². The molecule has 0 bridgehead atoms. The Kier molecular flexibility index (Phi) is 6.88. The fourth-order valence-corrected chi connectivity index (χ4v) is 4.50. The van der Waals surface area contributed by atoms with E-state index in [0.717, 1.165) is 12.1 Å². The van der Waals surface area contributed by atoms with Gasteiger partial charge in [-0.15, -0.1) is 0 Å². The molecule has 0 spiro atoms. The Morgan fingerprint density at radius 2 is 1.84 bits per heavy atom. The van der Waals surface area contributed by atoms with Crippen LogP contribution in [0.1, 0.15) is 23.9 Å². The van der Waals surface area contributed by atoms with Crippen LogP contribution in [0.15, 0.2) is 47.0 Å². The van der Waals surface area contributed by atoms with Gasteiger partial charge in [-0.2, -0.15) is 18.2 Å². The summed E-state index contributed by atoms with van der Waals surface area (Å²) in [5.74, 6) is -3.20. The molecule has 0 radical (unpaired) electrons. The lowest BCUT2D eigenvalue weighted by atomic mass is 10.1. The molecule has 0 fully saturated rings. The van der Waals surface area contributed by atoms with E-state index in [0.29, 0.717) is 5.56 Å². The van der Waals surface area contributed by atoms with Gasteiger partial charge in [0.2, 0.25) is 5.82 Å². The van der Waals surface area contributed by atoms with Gasteiger partial charge in [0.05, 0.1) is 12.8 Å². The Hall–Kier alpha value is -2.62. The molecule has 1 atom stereocenters. The molecule has 0 saturated heterocycles.